The van der Waals surface area contributed by atoms with E-state index in [0.717, 1.165) is 22.9 Å². The van der Waals surface area contributed by atoms with Crippen molar-refractivity contribution < 1.29 is 13.2 Å². The van der Waals surface area contributed by atoms with Gasteiger partial charge in [-0.05, 0) is 25.0 Å². The van der Waals surface area contributed by atoms with E-state index in [4.69, 9.17) is 0 Å². The molecule has 0 unspecified atom stereocenters. The molecule has 25 heavy (non-hydrogen) atoms. The SMILES string of the molecule is Cc1ccc([C@H](C)NC(=O)CN(Cc2ccccc2)S(C)(=O)=O)cc1. The van der Waals surface area contributed by atoms with E-state index < -0.39 is 10.0 Å². The van der Waals surface area contributed by atoms with Crippen LogP contribution in [0.25, 0.3) is 0 Å². The van der Waals surface area contributed by atoms with Crippen LogP contribution < -0.4 is 5.32 Å². The molecule has 0 bridgehead atoms. The number of amides is 1. The summed E-state index contributed by atoms with van der Waals surface area (Å²) in [6, 6.07) is 16.9. The summed E-state index contributed by atoms with van der Waals surface area (Å²) in [5.41, 5.74) is 2.97. The molecule has 0 fully saturated rings. The molecule has 2 aromatic rings. The summed E-state index contributed by atoms with van der Waals surface area (Å²) < 4.78 is 25.2. The molecule has 6 heteroatoms. The van der Waals surface area contributed by atoms with Gasteiger partial charge in [0.1, 0.15) is 0 Å². The van der Waals surface area contributed by atoms with Gasteiger partial charge in [-0.25, -0.2) is 8.42 Å². The van der Waals surface area contributed by atoms with Gasteiger partial charge in [0.15, 0.2) is 0 Å². The molecule has 0 aromatic heterocycles. The van der Waals surface area contributed by atoms with Gasteiger partial charge in [0.05, 0.1) is 18.8 Å². The maximum atomic E-state index is 12.3. The maximum absolute atomic E-state index is 12.3. The van der Waals surface area contributed by atoms with E-state index in [0.29, 0.717) is 0 Å². The van der Waals surface area contributed by atoms with E-state index in [2.05, 4.69) is 5.32 Å². The molecule has 1 N–H and O–H groups in total. The zero-order valence-corrected chi connectivity index (χ0v) is 15.6. The first kappa shape index (κ1) is 19.1. The van der Waals surface area contributed by atoms with Gasteiger partial charge in [-0.1, -0.05) is 60.2 Å². The summed E-state index contributed by atoms with van der Waals surface area (Å²) in [5.74, 6) is -0.325. The molecule has 0 aliphatic rings. The Hall–Kier alpha value is -2.18. The number of aryl methyl sites for hydroxylation is 1. The minimum absolute atomic E-state index is 0.173. The van der Waals surface area contributed by atoms with Crippen LogP contribution in [0, 0.1) is 6.92 Å². The Kier molecular flexibility index (Phi) is 6.33. The lowest BCUT2D eigenvalue weighted by Crippen LogP contribution is -2.40. The summed E-state index contributed by atoms with van der Waals surface area (Å²) in [5, 5.41) is 2.86. The minimum Gasteiger partial charge on any atom is -0.348 e. The first-order valence-corrected chi connectivity index (χ1v) is 9.95. The van der Waals surface area contributed by atoms with Gasteiger partial charge in [0, 0.05) is 6.54 Å². The highest BCUT2D eigenvalue weighted by molar-refractivity contribution is 7.88. The standard InChI is InChI=1S/C19H24N2O3S/c1-15-9-11-18(12-10-15)16(2)20-19(22)14-21(25(3,23)24)13-17-7-5-4-6-8-17/h4-12,16H,13-14H2,1-3H3,(H,20,22)/t16-/m0/s1. The van der Waals surface area contributed by atoms with Crippen molar-refractivity contribution in [2.24, 2.45) is 0 Å². The maximum Gasteiger partial charge on any atom is 0.235 e. The molecule has 0 heterocycles. The fourth-order valence-electron chi connectivity index (χ4n) is 2.46. The van der Waals surface area contributed by atoms with Crippen molar-refractivity contribution in [1.29, 1.82) is 0 Å². The van der Waals surface area contributed by atoms with Gasteiger partial charge in [-0.15, -0.1) is 0 Å². The second kappa shape index (κ2) is 8.27. The third-order valence-electron chi connectivity index (χ3n) is 3.95. The van der Waals surface area contributed by atoms with Gasteiger partial charge in [0.25, 0.3) is 0 Å². The first-order valence-electron chi connectivity index (χ1n) is 8.10. The minimum atomic E-state index is -3.49. The fourth-order valence-corrected chi connectivity index (χ4v) is 3.20. The summed E-state index contributed by atoms with van der Waals surface area (Å²) in [6.45, 7) is 3.85. The lowest BCUT2D eigenvalue weighted by molar-refractivity contribution is -0.122. The number of rotatable bonds is 7. The van der Waals surface area contributed by atoms with Gasteiger partial charge >= 0.3 is 0 Å². The van der Waals surface area contributed by atoms with Crippen LogP contribution in [-0.2, 0) is 21.4 Å². The topological polar surface area (TPSA) is 66.5 Å². The number of benzene rings is 2. The lowest BCUT2D eigenvalue weighted by atomic mass is 10.1. The van der Waals surface area contributed by atoms with Crippen molar-refractivity contribution in [1.82, 2.24) is 9.62 Å². The Morgan fingerprint density at radius 1 is 1.08 bits per heavy atom. The number of sulfonamides is 1. The fraction of sp³-hybridized carbons (Fsp3) is 0.316. The first-order chi connectivity index (χ1) is 11.8. The molecule has 0 radical (unpaired) electrons. The second-order valence-corrected chi connectivity index (χ2v) is 8.20. The molecule has 2 rings (SSSR count). The van der Waals surface area contributed by atoms with Crippen LogP contribution in [0.4, 0.5) is 0 Å². The Morgan fingerprint density at radius 2 is 1.68 bits per heavy atom. The molecule has 0 spiro atoms. The van der Waals surface area contributed by atoms with Crippen molar-refractivity contribution in [2.45, 2.75) is 26.4 Å². The number of hydrogen-bond donors (Lipinski definition) is 1. The zero-order chi connectivity index (χ0) is 18.4. The van der Waals surface area contributed by atoms with Gasteiger partial charge in [0.2, 0.25) is 15.9 Å². The average Bonchev–Trinajstić information content (AvgIpc) is 2.55. The predicted molar refractivity (Wildman–Crippen MR) is 99.4 cm³/mol. The van der Waals surface area contributed by atoms with E-state index in [1.807, 2.05) is 68.4 Å². The number of hydrogen-bond acceptors (Lipinski definition) is 3. The Balaban J connectivity index is 2.03. The van der Waals surface area contributed by atoms with Crippen LogP contribution in [0.1, 0.15) is 29.7 Å². The Labute approximate surface area is 149 Å². The molecule has 0 aliphatic heterocycles. The number of carbonyl (C=O) groups is 1. The molecule has 5 nitrogen and oxygen atoms in total. The van der Waals surface area contributed by atoms with Crippen LogP contribution in [0.3, 0.4) is 0 Å². The third kappa shape index (κ3) is 5.99. The van der Waals surface area contributed by atoms with Crippen LogP contribution >= 0.6 is 0 Å². The predicted octanol–water partition coefficient (Wildman–Crippen LogP) is 2.63. The monoisotopic (exact) mass is 360 g/mol. The van der Waals surface area contributed by atoms with Crippen molar-refractivity contribution in [3.8, 4) is 0 Å². The third-order valence-corrected chi connectivity index (χ3v) is 5.14. The van der Waals surface area contributed by atoms with Crippen LogP contribution in [-0.4, -0.2) is 31.4 Å². The van der Waals surface area contributed by atoms with Crippen LogP contribution in [0.15, 0.2) is 54.6 Å². The van der Waals surface area contributed by atoms with E-state index in [-0.39, 0.29) is 25.0 Å². The van der Waals surface area contributed by atoms with E-state index in [1.54, 1.807) is 0 Å². The van der Waals surface area contributed by atoms with Gasteiger partial charge < -0.3 is 5.32 Å². The highest BCUT2D eigenvalue weighted by Crippen LogP contribution is 2.13. The number of carbonyl (C=O) groups excluding carboxylic acids is 1. The molecule has 0 saturated carbocycles. The van der Waals surface area contributed by atoms with E-state index in [9.17, 15) is 13.2 Å². The van der Waals surface area contributed by atoms with Gasteiger partial charge in [-0.3, -0.25) is 4.79 Å². The summed E-state index contributed by atoms with van der Waals surface area (Å²) in [4.78, 5) is 12.3. The molecule has 1 atom stereocenters. The molecule has 0 saturated heterocycles. The molecule has 2 aromatic carbocycles. The second-order valence-electron chi connectivity index (χ2n) is 6.22. The summed E-state index contributed by atoms with van der Waals surface area (Å²) in [7, 11) is -3.49. The van der Waals surface area contributed by atoms with Crippen molar-refractivity contribution in [2.75, 3.05) is 12.8 Å². The Morgan fingerprint density at radius 3 is 2.24 bits per heavy atom. The molecular weight excluding hydrogens is 336 g/mol. The number of nitrogens with one attached hydrogen (secondary N) is 1. The van der Waals surface area contributed by atoms with Gasteiger partial charge in [-0.2, -0.15) is 4.31 Å². The Bertz CT molecular complexity index is 802. The highest BCUT2D eigenvalue weighted by Gasteiger charge is 2.21. The quantitative estimate of drug-likeness (QED) is 0.825. The molecule has 0 aliphatic carbocycles. The van der Waals surface area contributed by atoms with Crippen molar-refractivity contribution >= 4 is 15.9 Å². The average molecular weight is 360 g/mol. The highest BCUT2D eigenvalue weighted by atomic mass is 32.2. The van der Waals surface area contributed by atoms with Crippen LogP contribution in [0.5, 0.6) is 0 Å². The molecular formula is C19H24N2O3S. The summed E-state index contributed by atoms with van der Waals surface area (Å²) in [6.07, 6.45) is 1.12. The zero-order valence-electron chi connectivity index (χ0n) is 14.8. The van der Waals surface area contributed by atoms with Crippen molar-refractivity contribution in [3.63, 3.8) is 0 Å². The summed E-state index contributed by atoms with van der Waals surface area (Å²) >= 11 is 0. The molecule has 1 amide bonds. The van der Waals surface area contributed by atoms with E-state index in [1.165, 1.54) is 4.31 Å². The van der Waals surface area contributed by atoms with Crippen molar-refractivity contribution in [3.05, 3.63) is 71.3 Å². The lowest BCUT2D eigenvalue weighted by Gasteiger charge is -2.21. The largest absolute Gasteiger partial charge is 0.348 e. The number of nitrogens with zero attached hydrogens (tertiary/aromatic N) is 1. The molecule has 134 valence electrons. The van der Waals surface area contributed by atoms with Crippen LogP contribution in [0.2, 0.25) is 0 Å². The van der Waals surface area contributed by atoms with E-state index >= 15 is 0 Å². The smallest absolute Gasteiger partial charge is 0.235 e. The normalized spacial score (nSPS) is 12.8.